The van der Waals surface area contributed by atoms with E-state index in [2.05, 4.69) is 26.1 Å². The average Bonchev–Trinajstić information content (AvgIpc) is 3.71. The first-order chi connectivity index (χ1) is 22.0. The fraction of sp³-hybridized carbons (Fsp3) is 0.457. The van der Waals surface area contributed by atoms with E-state index in [-0.39, 0.29) is 41.6 Å². The number of hydrogen-bond donors (Lipinski definition) is 2. The van der Waals surface area contributed by atoms with Crippen LogP contribution in [-0.4, -0.2) is 53.4 Å². The fourth-order valence-electron chi connectivity index (χ4n) is 7.05. The summed E-state index contributed by atoms with van der Waals surface area (Å²) in [5.74, 6) is 0.644. The lowest BCUT2D eigenvalue weighted by atomic mass is 9.87. The van der Waals surface area contributed by atoms with Crippen molar-refractivity contribution in [1.29, 1.82) is 0 Å². The van der Waals surface area contributed by atoms with Crippen molar-refractivity contribution in [2.45, 2.75) is 69.2 Å². The molecule has 0 aromatic heterocycles. The van der Waals surface area contributed by atoms with Crippen LogP contribution in [0.25, 0.3) is 0 Å². The Balaban J connectivity index is 0.968. The standard InChI is InChI=1S/C35H36F6N2O4/c1-32(2,3)22-8-12-25(13-9-22)47-28(31(44)45)16-20-4-10-24(11-5-20)46-15-14-42-33-27-19-43(30(33)29(27)33)18-21-6-7-23(34(36,37)38)17-26(21)35(39,40)41/h4-13,17,27-30,42H,14-16,18-19H2,1-3H3,(H,44,45)/t27-,28-,29?,30?,33+/m0/s1. The quantitative estimate of drug-likeness (QED) is 0.162. The molecule has 2 unspecified atom stereocenters. The highest BCUT2D eigenvalue weighted by Crippen LogP contribution is 2.78. The SMILES string of the molecule is CC(C)(C)c1ccc(O[C@@H](Cc2ccc(OCCN[C@]34C5C3N(Cc3ccc(C(F)(F)F)cc3C(F)(F)F)C[C@@H]54)cc2)C(=O)O)cc1. The van der Waals surface area contributed by atoms with Gasteiger partial charge in [0.05, 0.1) is 11.1 Å². The van der Waals surface area contributed by atoms with E-state index in [0.29, 0.717) is 49.1 Å². The summed E-state index contributed by atoms with van der Waals surface area (Å²) < 4.78 is 91.6. The topological polar surface area (TPSA) is 71.0 Å². The van der Waals surface area contributed by atoms with Gasteiger partial charge in [0.25, 0.3) is 0 Å². The normalized spacial score (nSPS) is 24.1. The Kier molecular flexibility index (Phi) is 8.27. The molecule has 5 atom stereocenters. The Morgan fingerprint density at radius 2 is 1.57 bits per heavy atom. The molecule has 0 spiro atoms. The summed E-state index contributed by atoms with van der Waals surface area (Å²) in [6.07, 6.45) is -10.6. The Bertz CT molecular complexity index is 1610. The number of alkyl halides is 6. The monoisotopic (exact) mass is 662 g/mol. The van der Waals surface area contributed by atoms with Crippen molar-refractivity contribution in [3.8, 4) is 11.5 Å². The van der Waals surface area contributed by atoms with Crippen molar-refractivity contribution in [3.63, 3.8) is 0 Å². The molecule has 47 heavy (non-hydrogen) atoms. The minimum atomic E-state index is -4.89. The molecule has 6 nitrogen and oxygen atoms in total. The summed E-state index contributed by atoms with van der Waals surface area (Å²) in [5, 5.41) is 13.2. The molecular formula is C35H36F6N2O4. The van der Waals surface area contributed by atoms with Gasteiger partial charge in [-0.1, -0.05) is 51.1 Å². The van der Waals surface area contributed by atoms with Crippen molar-refractivity contribution in [3.05, 3.63) is 94.5 Å². The van der Waals surface area contributed by atoms with E-state index in [4.69, 9.17) is 9.47 Å². The molecular weight excluding hydrogens is 626 g/mol. The molecule has 2 saturated carbocycles. The minimum Gasteiger partial charge on any atom is -0.492 e. The van der Waals surface area contributed by atoms with Gasteiger partial charge in [0.2, 0.25) is 0 Å². The predicted octanol–water partition coefficient (Wildman–Crippen LogP) is 6.95. The molecule has 0 radical (unpaired) electrons. The number of carboxylic acids is 1. The highest BCUT2D eigenvalue weighted by molar-refractivity contribution is 5.73. The number of piperidine rings is 1. The third-order valence-corrected chi connectivity index (χ3v) is 9.57. The van der Waals surface area contributed by atoms with E-state index in [1.807, 2.05) is 17.0 Å². The number of benzene rings is 3. The predicted molar refractivity (Wildman–Crippen MR) is 161 cm³/mol. The molecule has 2 aliphatic heterocycles. The molecule has 2 saturated heterocycles. The van der Waals surface area contributed by atoms with Gasteiger partial charge in [-0.25, -0.2) is 4.79 Å². The Labute approximate surface area is 268 Å². The highest BCUT2D eigenvalue weighted by atomic mass is 19.4. The smallest absolute Gasteiger partial charge is 0.416 e. The maximum atomic E-state index is 13.6. The maximum absolute atomic E-state index is 13.6. The second kappa shape index (κ2) is 11.7. The number of nitrogens with one attached hydrogen (secondary N) is 1. The van der Waals surface area contributed by atoms with E-state index >= 15 is 0 Å². The van der Waals surface area contributed by atoms with Gasteiger partial charge in [-0.15, -0.1) is 0 Å². The molecule has 4 aliphatic rings. The van der Waals surface area contributed by atoms with Crippen LogP contribution < -0.4 is 14.8 Å². The molecule has 3 aromatic rings. The van der Waals surface area contributed by atoms with Crippen LogP contribution in [0.3, 0.4) is 0 Å². The first kappa shape index (κ1) is 33.1. The number of carboxylic acid groups (broad SMARTS) is 1. The van der Waals surface area contributed by atoms with Crippen molar-refractivity contribution in [2.75, 3.05) is 19.7 Å². The molecule has 252 valence electrons. The van der Waals surface area contributed by atoms with Crippen LogP contribution in [0.5, 0.6) is 11.5 Å². The number of fused-ring (bicyclic) bond motifs is 1. The highest BCUT2D eigenvalue weighted by Gasteiger charge is 2.91. The lowest BCUT2D eigenvalue weighted by Gasteiger charge is -2.21. The van der Waals surface area contributed by atoms with Gasteiger partial charge in [0.15, 0.2) is 6.10 Å². The van der Waals surface area contributed by atoms with Gasteiger partial charge in [-0.3, -0.25) is 4.90 Å². The van der Waals surface area contributed by atoms with Crippen molar-refractivity contribution < 1.29 is 45.7 Å². The molecule has 7 rings (SSSR count). The number of carbonyl (C=O) groups is 1. The van der Waals surface area contributed by atoms with Crippen molar-refractivity contribution >= 4 is 5.97 Å². The molecule has 4 fully saturated rings. The zero-order valence-corrected chi connectivity index (χ0v) is 26.1. The van der Waals surface area contributed by atoms with Gasteiger partial charge in [-0.2, -0.15) is 26.3 Å². The first-order valence-electron chi connectivity index (χ1n) is 15.5. The number of halogens is 6. The van der Waals surface area contributed by atoms with E-state index < -0.39 is 35.6 Å². The van der Waals surface area contributed by atoms with Crippen LogP contribution in [0.4, 0.5) is 26.3 Å². The van der Waals surface area contributed by atoms with Gasteiger partial charge in [0, 0.05) is 43.6 Å². The summed E-state index contributed by atoms with van der Waals surface area (Å²) in [5.41, 5.74) is -1.03. The third kappa shape index (κ3) is 6.67. The Morgan fingerprint density at radius 3 is 2.15 bits per heavy atom. The summed E-state index contributed by atoms with van der Waals surface area (Å²) >= 11 is 0. The zero-order chi connectivity index (χ0) is 33.9. The number of aliphatic carboxylic acids is 1. The molecule has 2 aliphatic carbocycles. The first-order valence-corrected chi connectivity index (χ1v) is 15.5. The van der Waals surface area contributed by atoms with E-state index in [0.717, 1.165) is 17.2 Å². The lowest BCUT2D eigenvalue weighted by Crippen LogP contribution is -2.36. The second-order valence-corrected chi connectivity index (χ2v) is 13.6. The Morgan fingerprint density at radius 1 is 0.936 bits per heavy atom. The maximum Gasteiger partial charge on any atom is 0.416 e. The van der Waals surface area contributed by atoms with Crippen LogP contribution in [0.2, 0.25) is 0 Å². The number of ether oxygens (including phenoxy) is 2. The summed E-state index contributed by atoms with van der Waals surface area (Å²) in [6, 6.07) is 16.4. The second-order valence-electron chi connectivity index (χ2n) is 13.6. The van der Waals surface area contributed by atoms with Crippen molar-refractivity contribution in [2.24, 2.45) is 11.8 Å². The zero-order valence-electron chi connectivity index (χ0n) is 26.1. The van der Waals surface area contributed by atoms with Gasteiger partial charge >= 0.3 is 18.3 Å². The summed E-state index contributed by atoms with van der Waals surface area (Å²) in [7, 11) is 0. The number of rotatable bonds is 12. The van der Waals surface area contributed by atoms with Gasteiger partial charge in [-0.05, 0) is 64.4 Å². The molecule has 0 amide bonds. The van der Waals surface area contributed by atoms with Crippen LogP contribution in [0.1, 0.15) is 48.6 Å². The van der Waals surface area contributed by atoms with Crippen LogP contribution in [0, 0.1) is 11.8 Å². The lowest BCUT2D eigenvalue weighted by molar-refractivity contribution is -0.145. The van der Waals surface area contributed by atoms with E-state index in [9.17, 15) is 36.2 Å². The Hall–Kier alpha value is -3.77. The molecule has 2 bridgehead atoms. The van der Waals surface area contributed by atoms with E-state index in [1.165, 1.54) is 0 Å². The molecule has 2 N–H and O–H groups in total. The number of nitrogens with zero attached hydrogens (tertiary/aromatic N) is 1. The van der Waals surface area contributed by atoms with Crippen LogP contribution in [0.15, 0.2) is 66.7 Å². The average molecular weight is 663 g/mol. The largest absolute Gasteiger partial charge is 0.492 e. The molecule has 2 heterocycles. The van der Waals surface area contributed by atoms with Crippen LogP contribution >= 0.6 is 0 Å². The van der Waals surface area contributed by atoms with E-state index in [1.54, 1.807) is 36.4 Å². The third-order valence-electron chi connectivity index (χ3n) is 9.57. The molecule has 12 heteroatoms. The molecule has 3 aromatic carbocycles. The minimum absolute atomic E-state index is 0.0302. The van der Waals surface area contributed by atoms with Gasteiger partial charge in [0.1, 0.15) is 18.1 Å². The van der Waals surface area contributed by atoms with Crippen molar-refractivity contribution in [1.82, 2.24) is 10.2 Å². The summed E-state index contributed by atoms with van der Waals surface area (Å²) in [4.78, 5) is 13.8. The fourth-order valence-corrected chi connectivity index (χ4v) is 7.05. The number of hydrogen-bond acceptors (Lipinski definition) is 5. The summed E-state index contributed by atoms with van der Waals surface area (Å²) in [6.45, 7) is 7.67. The van der Waals surface area contributed by atoms with Crippen LogP contribution in [-0.2, 0) is 35.5 Å². The van der Waals surface area contributed by atoms with Gasteiger partial charge < -0.3 is 19.9 Å².